The summed E-state index contributed by atoms with van der Waals surface area (Å²) in [5.41, 5.74) is 0.764. The molecule has 2 N–H and O–H groups in total. The Balaban J connectivity index is 1.79. The van der Waals surface area contributed by atoms with Crippen molar-refractivity contribution in [1.29, 1.82) is 0 Å². The molecule has 0 saturated carbocycles. The van der Waals surface area contributed by atoms with Crippen LogP contribution in [-0.4, -0.2) is 31.0 Å². The Hall–Kier alpha value is -1.75. The summed E-state index contributed by atoms with van der Waals surface area (Å²) in [6.45, 7) is 4.60. The molecule has 0 radical (unpaired) electrons. The number of nitrogens with one attached hydrogen (secondary N) is 1. The number of hydrogen-bond donors (Lipinski definition) is 2. The zero-order valence-corrected chi connectivity index (χ0v) is 11.9. The Kier molecular flexibility index (Phi) is 4.49. The standard InChI is InChI=1S/C15H21NO4/c1-15(2,9-17)8-16-14(18)6-4-11-3-5-12-13(7-11)20-10-19-12/h3,5,7,17H,4,6,8-10H2,1-2H3,(H,16,18). The van der Waals surface area contributed by atoms with E-state index in [1.807, 2.05) is 32.0 Å². The third kappa shape index (κ3) is 3.87. The minimum Gasteiger partial charge on any atom is -0.454 e. The van der Waals surface area contributed by atoms with Crippen molar-refractivity contribution in [2.24, 2.45) is 5.41 Å². The number of amides is 1. The van der Waals surface area contributed by atoms with Crippen LogP contribution in [0.5, 0.6) is 11.5 Å². The van der Waals surface area contributed by atoms with Gasteiger partial charge >= 0.3 is 0 Å². The SMILES string of the molecule is CC(C)(CO)CNC(=O)CCc1ccc2c(c1)OCO2. The monoisotopic (exact) mass is 279 g/mol. The molecule has 5 nitrogen and oxygen atoms in total. The molecular weight excluding hydrogens is 258 g/mol. The Bertz CT molecular complexity index is 485. The summed E-state index contributed by atoms with van der Waals surface area (Å²) in [6, 6.07) is 5.72. The number of benzene rings is 1. The van der Waals surface area contributed by atoms with Crippen molar-refractivity contribution in [1.82, 2.24) is 5.32 Å². The van der Waals surface area contributed by atoms with E-state index in [0.717, 1.165) is 17.1 Å². The number of rotatable bonds is 6. The zero-order chi connectivity index (χ0) is 14.6. The minimum absolute atomic E-state index is 0.0100. The largest absolute Gasteiger partial charge is 0.454 e. The molecule has 20 heavy (non-hydrogen) atoms. The van der Waals surface area contributed by atoms with E-state index in [1.54, 1.807) is 0 Å². The molecule has 1 aliphatic rings. The molecule has 1 amide bonds. The average molecular weight is 279 g/mol. The fraction of sp³-hybridized carbons (Fsp3) is 0.533. The van der Waals surface area contributed by atoms with Crippen LogP contribution in [0.3, 0.4) is 0 Å². The summed E-state index contributed by atoms with van der Waals surface area (Å²) < 4.78 is 10.5. The van der Waals surface area contributed by atoms with Gasteiger partial charge in [0.1, 0.15) is 0 Å². The van der Waals surface area contributed by atoms with E-state index in [2.05, 4.69) is 5.32 Å². The van der Waals surface area contributed by atoms with E-state index >= 15 is 0 Å². The quantitative estimate of drug-likeness (QED) is 0.827. The Morgan fingerprint density at radius 2 is 2.10 bits per heavy atom. The van der Waals surface area contributed by atoms with Gasteiger partial charge in [-0.3, -0.25) is 4.79 Å². The van der Waals surface area contributed by atoms with E-state index in [1.165, 1.54) is 0 Å². The van der Waals surface area contributed by atoms with Crippen LogP contribution >= 0.6 is 0 Å². The molecular formula is C15H21NO4. The minimum atomic E-state index is -0.283. The summed E-state index contributed by atoms with van der Waals surface area (Å²) in [5.74, 6) is 1.48. The smallest absolute Gasteiger partial charge is 0.231 e. The average Bonchev–Trinajstić information content (AvgIpc) is 2.90. The van der Waals surface area contributed by atoms with Gasteiger partial charge in [-0.15, -0.1) is 0 Å². The predicted octanol–water partition coefficient (Wildman–Crippen LogP) is 1.48. The molecule has 0 bridgehead atoms. The number of fused-ring (bicyclic) bond motifs is 1. The lowest BCUT2D eigenvalue weighted by Crippen LogP contribution is -2.36. The van der Waals surface area contributed by atoms with Crippen molar-refractivity contribution in [3.8, 4) is 11.5 Å². The van der Waals surface area contributed by atoms with Gasteiger partial charge in [-0.05, 0) is 24.1 Å². The third-order valence-corrected chi connectivity index (χ3v) is 3.27. The van der Waals surface area contributed by atoms with Crippen molar-refractivity contribution in [2.45, 2.75) is 26.7 Å². The van der Waals surface area contributed by atoms with Gasteiger partial charge in [-0.1, -0.05) is 19.9 Å². The lowest BCUT2D eigenvalue weighted by molar-refractivity contribution is -0.121. The lowest BCUT2D eigenvalue weighted by Gasteiger charge is -2.21. The van der Waals surface area contributed by atoms with Crippen LogP contribution in [0.15, 0.2) is 18.2 Å². The molecule has 0 saturated heterocycles. The third-order valence-electron chi connectivity index (χ3n) is 3.27. The van der Waals surface area contributed by atoms with Crippen molar-refractivity contribution in [3.63, 3.8) is 0 Å². The number of aliphatic hydroxyl groups excluding tert-OH is 1. The van der Waals surface area contributed by atoms with Gasteiger partial charge in [-0.25, -0.2) is 0 Å². The first-order valence-electron chi connectivity index (χ1n) is 6.76. The molecule has 5 heteroatoms. The highest BCUT2D eigenvalue weighted by molar-refractivity contribution is 5.76. The molecule has 1 aliphatic heterocycles. The number of carbonyl (C=O) groups excluding carboxylic acids is 1. The molecule has 0 spiro atoms. The van der Waals surface area contributed by atoms with E-state index in [9.17, 15) is 4.79 Å². The second-order valence-electron chi connectivity index (χ2n) is 5.79. The van der Waals surface area contributed by atoms with Crippen LogP contribution < -0.4 is 14.8 Å². The van der Waals surface area contributed by atoms with Gasteiger partial charge in [0, 0.05) is 25.0 Å². The van der Waals surface area contributed by atoms with Crippen LogP contribution in [-0.2, 0) is 11.2 Å². The molecule has 2 rings (SSSR count). The fourth-order valence-electron chi connectivity index (χ4n) is 1.84. The Morgan fingerprint density at radius 1 is 1.35 bits per heavy atom. The zero-order valence-electron chi connectivity index (χ0n) is 11.9. The van der Waals surface area contributed by atoms with E-state index in [-0.39, 0.29) is 24.7 Å². The van der Waals surface area contributed by atoms with E-state index in [0.29, 0.717) is 19.4 Å². The van der Waals surface area contributed by atoms with Crippen LogP contribution in [0.4, 0.5) is 0 Å². The van der Waals surface area contributed by atoms with Crippen molar-refractivity contribution in [3.05, 3.63) is 23.8 Å². The van der Waals surface area contributed by atoms with Crippen molar-refractivity contribution in [2.75, 3.05) is 19.9 Å². The summed E-state index contributed by atoms with van der Waals surface area (Å²) in [7, 11) is 0. The second kappa shape index (κ2) is 6.13. The molecule has 110 valence electrons. The first-order chi connectivity index (χ1) is 9.50. The highest BCUT2D eigenvalue weighted by Gasteiger charge is 2.17. The number of hydrogen-bond acceptors (Lipinski definition) is 4. The Morgan fingerprint density at radius 3 is 2.85 bits per heavy atom. The molecule has 1 aromatic carbocycles. The van der Waals surface area contributed by atoms with Gasteiger partial charge in [0.15, 0.2) is 11.5 Å². The summed E-state index contributed by atoms with van der Waals surface area (Å²) in [5, 5.41) is 12.0. The van der Waals surface area contributed by atoms with Gasteiger partial charge in [0.25, 0.3) is 0 Å². The van der Waals surface area contributed by atoms with Crippen molar-refractivity contribution >= 4 is 5.91 Å². The number of aliphatic hydroxyl groups is 1. The highest BCUT2D eigenvalue weighted by atomic mass is 16.7. The van der Waals surface area contributed by atoms with Gasteiger partial charge in [0.2, 0.25) is 12.7 Å². The summed E-state index contributed by atoms with van der Waals surface area (Å²) >= 11 is 0. The maximum absolute atomic E-state index is 11.8. The number of aryl methyl sites for hydroxylation is 1. The molecule has 1 aromatic rings. The molecule has 0 aliphatic carbocycles. The first kappa shape index (κ1) is 14.7. The molecule has 1 heterocycles. The van der Waals surface area contributed by atoms with Crippen LogP contribution in [0.2, 0.25) is 0 Å². The summed E-state index contributed by atoms with van der Waals surface area (Å²) in [4.78, 5) is 11.8. The maximum atomic E-state index is 11.8. The van der Waals surface area contributed by atoms with Crippen LogP contribution in [0, 0.1) is 5.41 Å². The van der Waals surface area contributed by atoms with Gasteiger partial charge < -0.3 is 19.9 Å². The molecule has 0 aromatic heterocycles. The normalized spacial score (nSPS) is 13.3. The highest BCUT2D eigenvalue weighted by Crippen LogP contribution is 2.32. The van der Waals surface area contributed by atoms with Gasteiger partial charge in [0.05, 0.1) is 0 Å². The summed E-state index contributed by atoms with van der Waals surface area (Å²) in [6.07, 6.45) is 1.07. The lowest BCUT2D eigenvalue weighted by atomic mass is 9.95. The molecule has 0 fully saturated rings. The van der Waals surface area contributed by atoms with E-state index in [4.69, 9.17) is 14.6 Å². The topological polar surface area (TPSA) is 67.8 Å². The first-order valence-corrected chi connectivity index (χ1v) is 6.76. The second-order valence-corrected chi connectivity index (χ2v) is 5.79. The predicted molar refractivity (Wildman–Crippen MR) is 74.8 cm³/mol. The Labute approximate surface area is 118 Å². The number of ether oxygens (including phenoxy) is 2. The van der Waals surface area contributed by atoms with Crippen molar-refractivity contribution < 1.29 is 19.4 Å². The van der Waals surface area contributed by atoms with E-state index < -0.39 is 0 Å². The van der Waals surface area contributed by atoms with Gasteiger partial charge in [-0.2, -0.15) is 0 Å². The van der Waals surface area contributed by atoms with Crippen LogP contribution in [0.25, 0.3) is 0 Å². The fourth-order valence-corrected chi connectivity index (χ4v) is 1.84. The van der Waals surface area contributed by atoms with Crippen LogP contribution in [0.1, 0.15) is 25.8 Å². The molecule has 0 unspecified atom stereocenters. The molecule has 0 atom stereocenters. The maximum Gasteiger partial charge on any atom is 0.231 e. The number of carbonyl (C=O) groups is 1.